The van der Waals surface area contributed by atoms with Gasteiger partial charge in [-0.25, -0.2) is 4.79 Å². The van der Waals surface area contributed by atoms with Gasteiger partial charge < -0.3 is 14.6 Å². The first-order chi connectivity index (χ1) is 7.11. The molecule has 4 nitrogen and oxygen atoms in total. The number of rotatable bonds is 7. The van der Waals surface area contributed by atoms with Gasteiger partial charge in [0.1, 0.15) is 0 Å². The van der Waals surface area contributed by atoms with Gasteiger partial charge in [0.15, 0.2) is 0 Å². The van der Waals surface area contributed by atoms with Crippen molar-refractivity contribution in [1.82, 2.24) is 0 Å². The Morgan fingerprint density at radius 2 is 2.00 bits per heavy atom. The van der Waals surface area contributed by atoms with Crippen LogP contribution in [0.1, 0.15) is 39.5 Å². The number of allylic oxidation sites excluding steroid dienone is 1. The van der Waals surface area contributed by atoms with Crippen LogP contribution in [0.3, 0.4) is 0 Å². The zero-order valence-electron chi connectivity index (χ0n) is 9.25. The quantitative estimate of drug-likeness (QED) is 0.356. The molecule has 0 fully saturated rings. The number of carboxylic acid groups (broad SMARTS) is 1. The molecule has 15 heavy (non-hydrogen) atoms. The Morgan fingerprint density at radius 1 is 1.33 bits per heavy atom. The van der Waals surface area contributed by atoms with E-state index in [9.17, 15) is 14.7 Å². The van der Waals surface area contributed by atoms with Crippen molar-refractivity contribution in [3.8, 4) is 0 Å². The van der Waals surface area contributed by atoms with Crippen molar-refractivity contribution < 1.29 is 19.4 Å². The van der Waals surface area contributed by atoms with Gasteiger partial charge in [-0.15, -0.1) is 0 Å². The van der Waals surface area contributed by atoms with E-state index in [-0.39, 0.29) is 18.6 Å². The molecule has 0 N–H and O–H groups in total. The Bertz CT molecular complexity index is 243. The lowest BCUT2D eigenvalue weighted by molar-refractivity contribution is -0.304. The first-order valence-corrected chi connectivity index (χ1v) is 5.17. The SMILES string of the molecule is CCCCC=C(CC(=O)[O-])C(=O)OCC. The highest BCUT2D eigenvalue weighted by molar-refractivity contribution is 5.93. The molecule has 0 aromatic carbocycles. The number of hydrogen-bond donors (Lipinski definition) is 0. The number of carbonyl (C=O) groups excluding carboxylic acids is 2. The Labute approximate surface area is 89.9 Å². The molecule has 0 aromatic heterocycles. The number of ether oxygens (including phenoxy) is 1. The Morgan fingerprint density at radius 3 is 2.47 bits per heavy atom. The minimum absolute atomic E-state index is 0.185. The monoisotopic (exact) mass is 213 g/mol. The van der Waals surface area contributed by atoms with Crippen LogP contribution in [0.5, 0.6) is 0 Å². The topological polar surface area (TPSA) is 66.4 Å². The highest BCUT2D eigenvalue weighted by atomic mass is 16.5. The second-order valence-corrected chi connectivity index (χ2v) is 3.14. The predicted molar refractivity (Wildman–Crippen MR) is 53.9 cm³/mol. The van der Waals surface area contributed by atoms with Gasteiger partial charge in [-0.05, 0) is 13.3 Å². The third kappa shape index (κ3) is 6.71. The number of aliphatic carboxylic acids is 1. The molecule has 0 unspecified atom stereocenters. The summed E-state index contributed by atoms with van der Waals surface area (Å²) >= 11 is 0. The van der Waals surface area contributed by atoms with Gasteiger partial charge in [0.05, 0.1) is 6.61 Å². The summed E-state index contributed by atoms with van der Waals surface area (Å²) in [5, 5.41) is 10.4. The van der Waals surface area contributed by atoms with Crippen molar-refractivity contribution in [2.45, 2.75) is 39.5 Å². The van der Waals surface area contributed by atoms with Crippen LogP contribution in [-0.2, 0) is 14.3 Å². The molecule has 0 saturated carbocycles. The molecular formula is C11H17O4-. The van der Waals surface area contributed by atoms with Crippen molar-refractivity contribution in [3.63, 3.8) is 0 Å². The lowest BCUT2D eigenvalue weighted by atomic mass is 10.1. The van der Waals surface area contributed by atoms with Crippen molar-refractivity contribution in [3.05, 3.63) is 11.6 Å². The summed E-state index contributed by atoms with van der Waals surface area (Å²) in [4.78, 5) is 21.7. The molecule has 0 rings (SSSR count). The zero-order valence-corrected chi connectivity index (χ0v) is 9.25. The van der Waals surface area contributed by atoms with Crippen LogP contribution in [-0.4, -0.2) is 18.5 Å². The van der Waals surface area contributed by atoms with E-state index in [0.717, 1.165) is 12.8 Å². The van der Waals surface area contributed by atoms with E-state index in [2.05, 4.69) is 0 Å². The van der Waals surface area contributed by atoms with E-state index in [1.165, 1.54) is 0 Å². The van der Waals surface area contributed by atoms with Crippen LogP contribution >= 0.6 is 0 Å². The molecule has 0 aliphatic rings. The van der Waals surface area contributed by atoms with Gasteiger partial charge in [-0.1, -0.05) is 25.8 Å². The van der Waals surface area contributed by atoms with Crippen LogP contribution in [0, 0.1) is 0 Å². The molecule has 0 saturated heterocycles. The number of hydrogen-bond acceptors (Lipinski definition) is 4. The summed E-state index contributed by atoms with van der Waals surface area (Å²) in [7, 11) is 0. The zero-order chi connectivity index (χ0) is 11.7. The third-order valence-corrected chi connectivity index (χ3v) is 1.82. The van der Waals surface area contributed by atoms with Gasteiger partial charge in [-0.2, -0.15) is 0 Å². The van der Waals surface area contributed by atoms with Crippen LogP contribution < -0.4 is 5.11 Å². The number of esters is 1. The molecule has 0 spiro atoms. The highest BCUT2D eigenvalue weighted by Crippen LogP contribution is 2.07. The molecule has 86 valence electrons. The molecule has 0 atom stereocenters. The lowest BCUT2D eigenvalue weighted by Gasteiger charge is -2.07. The van der Waals surface area contributed by atoms with Gasteiger partial charge in [-0.3, -0.25) is 0 Å². The Kier molecular flexibility index (Phi) is 7.32. The standard InChI is InChI=1S/C11H18O4/c1-3-5-6-7-9(8-10(12)13)11(14)15-4-2/h7H,3-6,8H2,1-2H3,(H,12,13)/p-1. The smallest absolute Gasteiger partial charge is 0.334 e. The number of unbranched alkanes of at least 4 members (excludes halogenated alkanes) is 2. The summed E-state index contributed by atoms with van der Waals surface area (Å²) in [5.74, 6) is -1.82. The average Bonchev–Trinajstić information content (AvgIpc) is 2.16. The molecule has 0 aliphatic heterocycles. The van der Waals surface area contributed by atoms with E-state index in [4.69, 9.17) is 4.74 Å². The summed E-state index contributed by atoms with van der Waals surface area (Å²) in [6, 6.07) is 0. The van der Waals surface area contributed by atoms with Gasteiger partial charge in [0.25, 0.3) is 0 Å². The molecule has 0 heterocycles. The molecule has 0 aliphatic carbocycles. The van der Waals surface area contributed by atoms with Crippen LogP contribution in [0.15, 0.2) is 11.6 Å². The number of carboxylic acids is 1. The fraction of sp³-hybridized carbons (Fsp3) is 0.636. The van der Waals surface area contributed by atoms with Crippen LogP contribution in [0.25, 0.3) is 0 Å². The Hall–Kier alpha value is -1.32. The second-order valence-electron chi connectivity index (χ2n) is 3.14. The largest absolute Gasteiger partial charge is 0.550 e. The maximum atomic E-state index is 11.3. The van der Waals surface area contributed by atoms with Crippen molar-refractivity contribution in [1.29, 1.82) is 0 Å². The molecule has 0 radical (unpaired) electrons. The van der Waals surface area contributed by atoms with E-state index in [1.807, 2.05) is 6.92 Å². The van der Waals surface area contributed by atoms with E-state index in [1.54, 1.807) is 13.0 Å². The fourth-order valence-corrected chi connectivity index (χ4v) is 1.09. The van der Waals surface area contributed by atoms with Crippen molar-refractivity contribution >= 4 is 11.9 Å². The summed E-state index contributed by atoms with van der Waals surface area (Å²) in [6.07, 6.45) is 3.87. The normalized spacial score (nSPS) is 11.2. The van der Waals surface area contributed by atoms with Crippen LogP contribution in [0.4, 0.5) is 0 Å². The summed E-state index contributed by atoms with van der Waals surface area (Å²) in [5.41, 5.74) is 0.185. The Balaban J connectivity index is 4.35. The maximum Gasteiger partial charge on any atom is 0.334 e. The average molecular weight is 213 g/mol. The minimum Gasteiger partial charge on any atom is -0.550 e. The van der Waals surface area contributed by atoms with Crippen molar-refractivity contribution in [2.75, 3.05) is 6.61 Å². The predicted octanol–water partition coefficient (Wildman–Crippen LogP) is 0.806. The molecule has 0 amide bonds. The molecule has 0 bridgehead atoms. The van der Waals surface area contributed by atoms with Crippen molar-refractivity contribution in [2.24, 2.45) is 0 Å². The molecular weight excluding hydrogens is 196 g/mol. The van der Waals surface area contributed by atoms with E-state index >= 15 is 0 Å². The summed E-state index contributed by atoms with van der Waals surface area (Å²) in [6.45, 7) is 3.95. The molecule has 4 heteroatoms. The first kappa shape index (κ1) is 13.7. The summed E-state index contributed by atoms with van der Waals surface area (Å²) < 4.78 is 4.74. The van der Waals surface area contributed by atoms with Gasteiger partial charge >= 0.3 is 5.97 Å². The van der Waals surface area contributed by atoms with E-state index in [0.29, 0.717) is 6.42 Å². The fourth-order valence-electron chi connectivity index (χ4n) is 1.09. The van der Waals surface area contributed by atoms with E-state index < -0.39 is 11.9 Å². The van der Waals surface area contributed by atoms with Gasteiger partial charge in [0, 0.05) is 18.0 Å². The molecule has 0 aromatic rings. The second kappa shape index (κ2) is 8.03. The highest BCUT2D eigenvalue weighted by Gasteiger charge is 2.09. The minimum atomic E-state index is -1.26. The first-order valence-electron chi connectivity index (χ1n) is 5.17. The third-order valence-electron chi connectivity index (χ3n) is 1.82. The van der Waals surface area contributed by atoms with Crippen LogP contribution in [0.2, 0.25) is 0 Å². The lowest BCUT2D eigenvalue weighted by Crippen LogP contribution is -2.24. The van der Waals surface area contributed by atoms with Gasteiger partial charge in [0.2, 0.25) is 0 Å². The number of carbonyl (C=O) groups is 2. The maximum absolute atomic E-state index is 11.3.